The van der Waals surface area contributed by atoms with Crippen molar-refractivity contribution in [2.24, 2.45) is 11.7 Å². The number of alkyl halides is 1. The Hall–Kier alpha value is -0.150. The second kappa shape index (κ2) is 3.88. The number of halogens is 1. The lowest BCUT2D eigenvalue weighted by molar-refractivity contribution is 0.145. The van der Waals surface area contributed by atoms with Gasteiger partial charge in [0.2, 0.25) is 0 Å². The standard InChI is InChI=1S/C7H16FNO/c1-6(2)3-7(9,4-8)5-10/h6,10H,3-5,9H2,1-2H3/t7-/m1/s1. The maximum Gasteiger partial charge on any atom is 0.110 e. The highest BCUT2D eigenvalue weighted by Crippen LogP contribution is 2.13. The molecule has 0 rings (SSSR count). The molecule has 0 heterocycles. The minimum absolute atomic E-state index is 0.276. The van der Waals surface area contributed by atoms with Crippen LogP contribution in [0.5, 0.6) is 0 Å². The van der Waals surface area contributed by atoms with Gasteiger partial charge < -0.3 is 10.8 Å². The second-order valence-electron chi connectivity index (χ2n) is 3.25. The van der Waals surface area contributed by atoms with Crippen LogP contribution in [0.15, 0.2) is 0 Å². The first kappa shape index (κ1) is 9.85. The van der Waals surface area contributed by atoms with Crippen molar-refractivity contribution in [3.63, 3.8) is 0 Å². The van der Waals surface area contributed by atoms with Gasteiger partial charge in [0, 0.05) is 0 Å². The van der Waals surface area contributed by atoms with Crippen LogP contribution in [0.3, 0.4) is 0 Å². The fourth-order valence-electron chi connectivity index (χ4n) is 0.974. The number of hydrogen-bond acceptors (Lipinski definition) is 2. The first-order valence-electron chi connectivity index (χ1n) is 3.50. The number of nitrogens with two attached hydrogens (primary N) is 1. The van der Waals surface area contributed by atoms with Crippen molar-refractivity contribution in [1.82, 2.24) is 0 Å². The van der Waals surface area contributed by atoms with Crippen molar-refractivity contribution in [1.29, 1.82) is 0 Å². The summed E-state index contributed by atoms with van der Waals surface area (Å²) in [5.41, 5.74) is 4.47. The minimum atomic E-state index is -1.01. The van der Waals surface area contributed by atoms with Crippen LogP contribution in [0.1, 0.15) is 20.3 Å². The Morgan fingerprint density at radius 3 is 2.20 bits per heavy atom. The molecular formula is C7H16FNO. The number of hydrogen-bond donors (Lipinski definition) is 2. The van der Waals surface area contributed by atoms with Crippen molar-refractivity contribution in [2.45, 2.75) is 25.8 Å². The quantitative estimate of drug-likeness (QED) is 0.617. The maximum atomic E-state index is 12.1. The first-order chi connectivity index (χ1) is 4.54. The summed E-state index contributed by atoms with van der Waals surface area (Å²) in [7, 11) is 0. The zero-order valence-electron chi connectivity index (χ0n) is 6.60. The van der Waals surface area contributed by atoms with Gasteiger partial charge in [0.1, 0.15) is 6.67 Å². The van der Waals surface area contributed by atoms with Gasteiger partial charge in [0.25, 0.3) is 0 Å². The molecule has 0 amide bonds. The van der Waals surface area contributed by atoms with Gasteiger partial charge in [0.15, 0.2) is 0 Å². The average Bonchev–Trinajstić information content (AvgIpc) is 1.87. The van der Waals surface area contributed by atoms with Crippen LogP contribution in [-0.4, -0.2) is 23.9 Å². The van der Waals surface area contributed by atoms with E-state index >= 15 is 0 Å². The third kappa shape index (κ3) is 3.13. The van der Waals surface area contributed by atoms with E-state index in [-0.39, 0.29) is 6.61 Å². The maximum absolute atomic E-state index is 12.1. The normalized spacial score (nSPS) is 17.4. The highest BCUT2D eigenvalue weighted by atomic mass is 19.1. The second-order valence-corrected chi connectivity index (χ2v) is 3.25. The predicted octanol–water partition coefficient (Wildman–Crippen LogP) is 0.692. The summed E-state index contributed by atoms with van der Waals surface area (Å²) in [6, 6.07) is 0. The Kier molecular flexibility index (Phi) is 3.83. The Bertz CT molecular complexity index is 91.6. The summed E-state index contributed by atoms with van der Waals surface area (Å²) >= 11 is 0. The molecule has 0 saturated heterocycles. The van der Waals surface area contributed by atoms with Gasteiger partial charge in [-0.1, -0.05) is 13.8 Å². The molecule has 3 N–H and O–H groups in total. The van der Waals surface area contributed by atoms with E-state index in [4.69, 9.17) is 10.8 Å². The zero-order valence-corrected chi connectivity index (χ0v) is 6.60. The Morgan fingerprint density at radius 2 is 2.10 bits per heavy atom. The minimum Gasteiger partial charge on any atom is -0.394 e. The fourth-order valence-corrected chi connectivity index (χ4v) is 0.974. The van der Waals surface area contributed by atoms with E-state index in [9.17, 15) is 4.39 Å². The number of aliphatic hydroxyl groups excluding tert-OH is 1. The van der Waals surface area contributed by atoms with E-state index in [1.165, 1.54) is 0 Å². The van der Waals surface area contributed by atoms with Crippen LogP contribution in [0.2, 0.25) is 0 Å². The highest BCUT2D eigenvalue weighted by molar-refractivity contribution is 4.83. The first-order valence-corrected chi connectivity index (χ1v) is 3.50. The van der Waals surface area contributed by atoms with Gasteiger partial charge >= 0.3 is 0 Å². The van der Waals surface area contributed by atoms with Crippen molar-refractivity contribution >= 4 is 0 Å². The van der Waals surface area contributed by atoms with E-state index in [0.29, 0.717) is 12.3 Å². The summed E-state index contributed by atoms with van der Waals surface area (Å²) in [6.45, 7) is 2.98. The molecule has 0 aliphatic rings. The summed E-state index contributed by atoms with van der Waals surface area (Å²) < 4.78 is 12.1. The summed E-state index contributed by atoms with van der Waals surface area (Å²) in [5.74, 6) is 0.327. The molecular weight excluding hydrogens is 133 g/mol. The summed E-state index contributed by atoms with van der Waals surface area (Å²) in [5, 5.41) is 8.67. The van der Waals surface area contributed by atoms with E-state index in [1.54, 1.807) is 0 Å². The molecule has 0 aromatic rings. The topological polar surface area (TPSA) is 46.2 Å². The zero-order chi connectivity index (χ0) is 8.20. The van der Waals surface area contributed by atoms with Crippen LogP contribution in [0.25, 0.3) is 0 Å². The molecule has 0 radical (unpaired) electrons. The van der Waals surface area contributed by atoms with Crippen molar-refractivity contribution in [3.05, 3.63) is 0 Å². The molecule has 62 valence electrons. The van der Waals surface area contributed by atoms with Crippen LogP contribution in [0.4, 0.5) is 4.39 Å². The van der Waals surface area contributed by atoms with Crippen LogP contribution in [0, 0.1) is 5.92 Å². The van der Waals surface area contributed by atoms with Gasteiger partial charge in [0.05, 0.1) is 12.1 Å². The van der Waals surface area contributed by atoms with E-state index in [2.05, 4.69) is 0 Å². The smallest absolute Gasteiger partial charge is 0.110 e. The monoisotopic (exact) mass is 149 g/mol. The molecule has 3 heteroatoms. The SMILES string of the molecule is CC(C)C[C@](N)(CO)CF. The highest BCUT2D eigenvalue weighted by Gasteiger charge is 2.24. The lowest BCUT2D eigenvalue weighted by Crippen LogP contribution is -2.47. The number of rotatable bonds is 4. The summed E-state index contributed by atoms with van der Waals surface area (Å²) in [6.07, 6.45) is 0.528. The third-order valence-corrected chi connectivity index (χ3v) is 1.40. The van der Waals surface area contributed by atoms with Crippen LogP contribution >= 0.6 is 0 Å². The Labute approximate surface area is 61.2 Å². The Balaban J connectivity index is 3.80. The van der Waals surface area contributed by atoms with Crippen molar-refractivity contribution < 1.29 is 9.50 Å². The predicted molar refractivity (Wildman–Crippen MR) is 39.4 cm³/mol. The van der Waals surface area contributed by atoms with E-state index < -0.39 is 12.2 Å². The molecule has 0 spiro atoms. The van der Waals surface area contributed by atoms with Gasteiger partial charge in [-0.15, -0.1) is 0 Å². The molecule has 2 nitrogen and oxygen atoms in total. The van der Waals surface area contributed by atoms with Crippen molar-refractivity contribution in [3.8, 4) is 0 Å². The van der Waals surface area contributed by atoms with Gasteiger partial charge in [-0.2, -0.15) is 0 Å². The molecule has 0 saturated carbocycles. The largest absolute Gasteiger partial charge is 0.394 e. The van der Waals surface area contributed by atoms with Crippen molar-refractivity contribution in [2.75, 3.05) is 13.3 Å². The van der Waals surface area contributed by atoms with E-state index in [0.717, 1.165) is 0 Å². The summed E-state index contributed by atoms with van der Waals surface area (Å²) in [4.78, 5) is 0. The van der Waals surface area contributed by atoms with Crippen LogP contribution < -0.4 is 5.73 Å². The molecule has 0 unspecified atom stereocenters. The van der Waals surface area contributed by atoms with E-state index in [1.807, 2.05) is 13.8 Å². The van der Waals surface area contributed by atoms with Gasteiger partial charge in [-0.05, 0) is 12.3 Å². The molecule has 0 bridgehead atoms. The lowest BCUT2D eigenvalue weighted by atomic mass is 9.92. The van der Waals surface area contributed by atoms with Crippen LogP contribution in [-0.2, 0) is 0 Å². The molecule has 10 heavy (non-hydrogen) atoms. The average molecular weight is 149 g/mol. The molecule has 0 aromatic heterocycles. The van der Waals surface area contributed by atoms with Gasteiger partial charge in [-0.3, -0.25) is 0 Å². The Morgan fingerprint density at radius 1 is 1.60 bits per heavy atom. The molecule has 0 aliphatic carbocycles. The molecule has 0 fully saturated rings. The fraction of sp³-hybridized carbons (Fsp3) is 1.00. The number of aliphatic hydroxyl groups is 1. The molecule has 0 aromatic carbocycles. The molecule has 0 aliphatic heterocycles. The lowest BCUT2D eigenvalue weighted by Gasteiger charge is -2.25. The molecule has 1 atom stereocenters. The third-order valence-electron chi connectivity index (χ3n) is 1.40. The van der Waals surface area contributed by atoms with Gasteiger partial charge in [-0.25, -0.2) is 4.39 Å².